The number of rotatable bonds is 2. The first-order valence-corrected chi connectivity index (χ1v) is 7.09. The smallest absolute Gasteiger partial charge is 0.0794 e. The van der Waals surface area contributed by atoms with Crippen LogP contribution in [0.15, 0.2) is 11.7 Å². The van der Waals surface area contributed by atoms with Crippen molar-refractivity contribution in [3.63, 3.8) is 0 Å². The monoisotopic (exact) mass is 237 g/mol. The summed E-state index contributed by atoms with van der Waals surface area (Å²) in [5.74, 6) is 0.879. The summed E-state index contributed by atoms with van der Waals surface area (Å²) in [5, 5.41) is 3.54. The summed E-state index contributed by atoms with van der Waals surface area (Å²) in [6.45, 7) is 5.97. The Morgan fingerprint density at radius 2 is 2.50 bits per heavy atom. The van der Waals surface area contributed by atoms with E-state index >= 15 is 0 Å². The second kappa shape index (κ2) is 4.43. The van der Waals surface area contributed by atoms with E-state index in [0.29, 0.717) is 6.04 Å². The van der Waals surface area contributed by atoms with Crippen molar-refractivity contribution in [2.45, 2.75) is 31.8 Å². The molecule has 3 nitrogen and oxygen atoms in total. The third-order valence-corrected chi connectivity index (χ3v) is 5.03. The molecule has 0 amide bonds. The number of nitrogens with one attached hydrogen (secondary N) is 1. The minimum atomic E-state index is 0.542. The molecule has 3 atom stereocenters. The second-order valence-electron chi connectivity index (χ2n) is 4.95. The van der Waals surface area contributed by atoms with Crippen molar-refractivity contribution in [3.05, 3.63) is 16.6 Å². The summed E-state index contributed by atoms with van der Waals surface area (Å²) in [6.07, 6.45) is 4.79. The number of nitrogens with zero attached hydrogens (tertiary/aromatic N) is 2. The number of hydrogen-bond acceptors (Lipinski definition) is 4. The van der Waals surface area contributed by atoms with Crippen molar-refractivity contribution in [3.8, 4) is 0 Å². The number of piperidine rings is 1. The summed E-state index contributed by atoms with van der Waals surface area (Å²) in [6, 6.07) is 1.30. The molecular weight excluding hydrogens is 218 g/mol. The first-order valence-electron chi connectivity index (χ1n) is 6.21. The third-order valence-electron chi connectivity index (χ3n) is 4.08. The van der Waals surface area contributed by atoms with Crippen LogP contribution >= 0.6 is 11.3 Å². The summed E-state index contributed by atoms with van der Waals surface area (Å²) >= 11 is 1.79. The number of thiazole rings is 1. The van der Waals surface area contributed by atoms with E-state index in [2.05, 4.69) is 22.1 Å². The predicted octanol–water partition coefficient (Wildman–Crippen LogP) is 1.89. The van der Waals surface area contributed by atoms with Crippen molar-refractivity contribution in [1.29, 1.82) is 0 Å². The average Bonchev–Trinajstić information content (AvgIpc) is 2.98. The van der Waals surface area contributed by atoms with Crippen molar-refractivity contribution in [2.24, 2.45) is 5.92 Å². The van der Waals surface area contributed by atoms with Crippen LogP contribution in [0.25, 0.3) is 0 Å². The van der Waals surface area contributed by atoms with Gasteiger partial charge in [0.1, 0.15) is 0 Å². The van der Waals surface area contributed by atoms with Crippen LogP contribution < -0.4 is 5.32 Å². The molecule has 2 aliphatic heterocycles. The first kappa shape index (κ1) is 10.7. The molecule has 2 aliphatic rings. The third kappa shape index (κ3) is 1.79. The molecule has 1 N–H and O–H groups in total. The molecular formula is C12H19N3S. The Kier molecular flexibility index (Phi) is 2.96. The van der Waals surface area contributed by atoms with Gasteiger partial charge in [-0.2, -0.15) is 0 Å². The standard InChI is InChI=1S/C12H19N3S/c1-9(12-7-14-8-16-12)15-4-2-3-10-5-13-6-11(10)15/h7-11,13H,2-6H2,1H3. The van der Waals surface area contributed by atoms with E-state index in [4.69, 9.17) is 0 Å². The molecule has 0 radical (unpaired) electrons. The zero-order chi connectivity index (χ0) is 11.0. The van der Waals surface area contributed by atoms with Gasteiger partial charge in [0.15, 0.2) is 0 Å². The Bertz CT molecular complexity index is 338. The van der Waals surface area contributed by atoms with Gasteiger partial charge >= 0.3 is 0 Å². The van der Waals surface area contributed by atoms with E-state index in [-0.39, 0.29) is 0 Å². The van der Waals surface area contributed by atoms with E-state index in [1.54, 1.807) is 11.3 Å². The molecule has 1 aromatic rings. The quantitative estimate of drug-likeness (QED) is 0.851. The maximum atomic E-state index is 4.20. The molecule has 0 aliphatic carbocycles. The topological polar surface area (TPSA) is 28.2 Å². The van der Waals surface area contributed by atoms with Crippen molar-refractivity contribution >= 4 is 11.3 Å². The second-order valence-corrected chi connectivity index (χ2v) is 5.86. The van der Waals surface area contributed by atoms with Gasteiger partial charge in [0.25, 0.3) is 0 Å². The van der Waals surface area contributed by atoms with E-state index in [1.165, 1.54) is 37.4 Å². The van der Waals surface area contributed by atoms with Gasteiger partial charge in [-0.05, 0) is 38.8 Å². The van der Waals surface area contributed by atoms with Crippen molar-refractivity contribution in [2.75, 3.05) is 19.6 Å². The Morgan fingerprint density at radius 1 is 1.56 bits per heavy atom. The molecule has 0 saturated carbocycles. The van der Waals surface area contributed by atoms with Crippen LogP contribution in [0.3, 0.4) is 0 Å². The van der Waals surface area contributed by atoms with Gasteiger partial charge in [-0.15, -0.1) is 11.3 Å². The fourth-order valence-electron chi connectivity index (χ4n) is 3.18. The average molecular weight is 237 g/mol. The Balaban J connectivity index is 1.78. The highest BCUT2D eigenvalue weighted by Crippen LogP contribution is 2.34. The van der Waals surface area contributed by atoms with Crippen LogP contribution in [0.2, 0.25) is 0 Å². The maximum absolute atomic E-state index is 4.20. The lowest BCUT2D eigenvalue weighted by Gasteiger charge is -2.40. The van der Waals surface area contributed by atoms with Gasteiger partial charge in [-0.3, -0.25) is 9.88 Å². The normalized spacial score (nSPS) is 32.6. The zero-order valence-corrected chi connectivity index (χ0v) is 10.5. The highest BCUT2D eigenvalue weighted by molar-refractivity contribution is 7.09. The minimum absolute atomic E-state index is 0.542. The number of fused-ring (bicyclic) bond motifs is 1. The van der Waals surface area contributed by atoms with Gasteiger partial charge in [-0.1, -0.05) is 0 Å². The summed E-state index contributed by atoms with van der Waals surface area (Å²) in [7, 11) is 0. The van der Waals surface area contributed by atoms with E-state index in [1.807, 2.05) is 11.7 Å². The molecule has 2 saturated heterocycles. The molecule has 3 rings (SSSR count). The first-order chi connectivity index (χ1) is 7.86. The molecule has 1 aromatic heterocycles. The zero-order valence-electron chi connectivity index (χ0n) is 9.72. The lowest BCUT2D eigenvalue weighted by molar-refractivity contribution is 0.0862. The lowest BCUT2D eigenvalue weighted by Crippen LogP contribution is -2.46. The molecule has 0 spiro atoms. The summed E-state index contributed by atoms with van der Waals surface area (Å²) < 4.78 is 0. The van der Waals surface area contributed by atoms with Gasteiger partial charge in [0.05, 0.1) is 5.51 Å². The summed E-state index contributed by atoms with van der Waals surface area (Å²) in [4.78, 5) is 8.29. The highest BCUT2D eigenvalue weighted by atomic mass is 32.1. The SMILES string of the molecule is CC(c1cncs1)N1CCCC2CNCC21. The Morgan fingerprint density at radius 3 is 3.31 bits per heavy atom. The van der Waals surface area contributed by atoms with Crippen LogP contribution in [0.5, 0.6) is 0 Å². The fourth-order valence-corrected chi connectivity index (χ4v) is 3.88. The van der Waals surface area contributed by atoms with Crippen LogP contribution in [0, 0.1) is 5.92 Å². The van der Waals surface area contributed by atoms with Crippen LogP contribution in [-0.4, -0.2) is 35.6 Å². The fraction of sp³-hybridized carbons (Fsp3) is 0.750. The lowest BCUT2D eigenvalue weighted by atomic mass is 9.91. The largest absolute Gasteiger partial charge is 0.315 e. The van der Waals surface area contributed by atoms with E-state index in [0.717, 1.165) is 12.0 Å². The molecule has 0 aromatic carbocycles. The minimum Gasteiger partial charge on any atom is -0.315 e. The van der Waals surface area contributed by atoms with Crippen molar-refractivity contribution in [1.82, 2.24) is 15.2 Å². The molecule has 3 heterocycles. The van der Waals surface area contributed by atoms with Gasteiger partial charge in [0.2, 0.25) is 0 Å². The maximum Gasteiger partial charge on any atom is 0.0794 e. The summed E-state index contributed by atoms with van der Waals surface area (Å²) in [5.41, 5.74) is 1.94. The van der Waals surface area contributed by atoms with E-state index < -0.39 is 0 Å². The molecule has 4 heteroatoms. The Labute approximate surface area is 101 Å². The van der Waals surface area contributed by atoms with Crippen molar-refractivity contribution < 1.29 is 0 Å². The molecule has 3 unspecified atom stereocenters. The Hall–Kier alpha value is -0.450. The molecule has 88 valence electrons. The van der Waals surface area contributed by atoms with Crippen LogP contribution in [0.4, 0.5) is 0 Å². The predicted molar refractivity (Wildman–Crippen MR) is 66.6 cm³/mol. The molecule has 16 heavy (non-hydrogen) atoms. The van der Waals surface area contributed by atoms with Crippen LogP contribution in [-0.2, 0) is 0 Å². The van der Waals surface area contributed by atoms with E-state index in [9.17, 15) is 0 Å². The molecule has 2 fully saturated rings. The molecule has 0 bridgehead atoms. The number of hydrogen-bond donors (Lipinski definition) is 1. The van der Waals surface area contributed by atoms with Crippen LogP contribution in [0.1, 0.15) is 30.7 Å². The van der Waals surface area contributed by atoms with Gasteiger partial charge < -0.3 is 5.32 Å². The highest BCUT2D eigenvalue weighted by Gasteiger charge is 2.37. The van der Waals surface area contributed by atoms with Gasteiger partial charge in [0, 0.05) is 29.7 Å². The van der Waals surface area contributed by atoms with Gasteiger partial charge in [-0.25, -0.2) is 0 Å². The number of likely N-dealkylation sites (tertiary alicyclic amines) is 1. The number of aromatic nitrogens is 1.